The van der Waals surface area contributed by atoms with E-state index in [0.717, 1.165) is 25.2 Å². The van der Waals surface area contributed by atoms with Gasteiger partial charge >= 0.3 is 0 Å². The summed E-state index contributed by atoms with van der Waals surface area (Å²) in [4.78, 5) is 6.71. The molecule has 16 heavy (non-hydrogen) atoms. The lowest BCUT2D eigenvalue weighted by Crippen LogP contribution is -2.24. The minimum Gasteiger partial charge on any atom is -0.307 e. The van der Waals surface area contributed by atoms with Crippen LogP contribution in [0.25, 0.3) is 0 Å². The molecule has 1 heterocycles. The molecule has 1 aromatic rings. The molecular weight excluding hydrogens is 218 g/mol. The topological polar surface area (TPSA) is 28.2 Å². The first-order valence-electron chi connectivity index (χ1n) is 5.68. The Labute approximate surface area is 104 Å². The Morgan fingerprint density at radius 1 is 1.50 bits per heavy atom. The first kappa shape index (κ1) is 13.5. The zero-order valence-electron chi connectivity index (χ0n) is 10.3. The fraction of sp³-hybridized carbons (Fsp3) is 0.583. The average molecular weight is 239 g/mol. The maximum absolute atomic E-state index is 4.42. The predicted molar refractivity (Wildman–Crippen MR) is 71.6 cm³/mol. The highest BCUT2D eigenvalue weighted by atomic mass is 32.1. The molecular formula is C12H21N3S. The summed E-state index contributed by atoms with van der Waals surface area (Å²) >= 11 is 4.18. The minimum absolute atomic E-state index is 0.220. The Morgan fingerprint density at radius 2 is 2.25 bits per heavy atom. The van der Waals surface area contributed by atoms with E-state index in [-0.39, 0.29) is 6.04 Å². The second-order valence-electron chi connectivity index (χ2n) is 4.13. The van der Waals surface area contributed by atoms with Crippen molar-refractivity contribution in [3.8, 4) is 0 Å². The molecule has 1 aromatic heterocycles. The summed E-state index contributed by atoms with van der Waals surface area (Å²) in [6.45, 7) is 6.32. The lowest BCUT2D eigenvalue weighted by atomic mass is 10.1. The first-order valence-corrected chi connectivity index (χ1v) is 6.12. The number of hydrogen-bond donors (Lipinski definition) is 2. The minimum atomic E-state index is 0.220. The molecule has 0 saturated carbocycles. The van der Waals surface area contributed by atoms with Gasteiger partial charge in [0.2, 0.25) is 0 Å². The maximum atomic E-state index is 4.42. The lowest BCUT2D eigenvalue weighted by Gasteiger charge is -2.19. The van der Waals surface area contributed by atoms with Crippen molar-refractivity contribution in [3.05, 3.63) is 29.6 Å². The van der Waals surface area contributed by atoms with Gasteiger partial charge in [0.05, 0.1) is 11.7 Å². The zero-order chi connectivity index (χ0) is 12.0. The molecule has 1 N–H and O–H groups in total. The standard InChI is InChI=1S/C12H21N3S/c1-4-15(3)8-7-12(14-16)11-6-5-10(2)9-13-11/h5-6,9,12,14,16H,4,7-8H2,1-3H3. The van der Waals surface area contributed by atoms with Crippen molar-refractivity contribution in [2.24, 2.45) is 0 Å². The third-order valence-corrected chi connectivity index (χ3v) is 3.10. The molecule has 0 aromatic carbocycles. The monoisotopic (exact) mass is 239 g/mol. The smallest absolute Gasteiger partial charge is 0.0603 e. The van der Waals surface area contributed by atoms with Crippen LogP contribution in [0.15, 0.2) is 18.3 Å². The van der Waals surface area contributed by atoms with Gasteiger partial charge in [-0.3, -0.25) is 9.71 Å². The normalized spacial score (nSPS) is 13.1. The van der Waals surface area contributed by atoms with E-state index in [4.69, 9.17) is 0 Å². The summed E-state index contributed by atoms with van der Waals surface area (Å²) < 4.78 is 3.02. The van der Waals surface area contributed by atoms with Crippen LogP contribution in [0, 0.1) is 6.92 Å². The molecule has 0 bridgehead atoms. The van der Waals surface area contributed by atoms with Crippen LogP contribution in [0.3, 0.4) is 0 Å². The summed E-state index contributed by atoms with van der Waals surface area (Å²) in [5.74, 6) is 0. The van der Waals surface area contributed by atoms with Gasteiger partial charge in [0.1, 0.15) is 0 Å². The van der Waals surface area contributed by atoms with Gasteiger partial charge in [0.15, 0.2) is 0 Å². The summed E-state index contributed by atoms with van der Waals surface area (Å²) in [6.07, 6.45) is 2.92. The molecule has 3 nitrogen and oxygen atoms in total. The SMILES string of the molecule is CCN(C)CCC(NS)c1ccc(C)cn1. The van der Waals surface area contributed by atoms with Gasteiger partial charge in [-0.15, -0.1) is 0 Å². The first-order chi connectivity index (χ1) is 7.67. The molecule has 1 unspecified atom stereocenters. The van der Waals surface area contributed by atoms with Gasteiger partial charge in [-0.1, -0.05) is 25.8 Å². The van der Waals surface area contributed by atoms with E-state index in [9.17, 15) is 0 Å². The van der Waals surface area contributed by atoms with Crippen molar-refractivity contribution in [3.63, 3.8) is 0 Å². The Morgan fingerprint density at radius 3 is 2.75 bits per heavy atom. The number of aromatic nitrogens is 1. The van der Waals surface area contributed by atoms with Gasteiger partial charge in [-0.05, 0) is 45.1 Å². The molecule has 0 aliphatic carbocycles. The van der Waals surface area contributed by atoms with Gasteiger partial charge in [-0.2, -0.15) is 0 Å². The summed E-state index contributed by atoms with van der Waals surface area (Å²) in [5.41, 5.74) is 2.25. The number of nitrogens with one attached hydrogen (secondary N) is 1. The van der Waals surface area contributed by atoms with E-state index in [1.165, 1.54) is 5.56 Å². The molecule has 1 rings (SSSR count). The zero-order valence-corrected chi connectivity index (χ0v) is 11.2. The number of pyridine rings is 1. The quantitative estimate of drug-likeness (QED) is 0.746. The molecule has 90 valence electrons. The largest absolute Gasteiger partial charge is 0.307 e. The van der Waals surface area contributed by atoms with Crippen molar-refractivity contribution in [1.29, 1.82) is 0 Å². The van der Waals surface area contributed by atoms with Crippen LogP contribution in [-0.2, 0) is 0 Å². The number of hydrogen-bond acceptors (Lipinski definition) is 4. The lowest BCUT2D eigenvalue weighted by molar-refractivity contribution is 0.330. The molecule has 4 heteroatoms. The molecule has 0 aliphatic heterocycles. The van der Waals surface area contributed by atoms with Crippen LogP contribution in [0.4, 0.5) is 0 Å². The third kappa shape index (κ3) is 4.12. The highest BCUT2D eigenvalue weighted by Crippen LogP contribution is 2.15. The van der Waals surface area contributed by atoms with Crippen molar-refractivity contribution in [2.75, 3.05) is 20.1 Å². The van der Waals surface area contributed by atoms with Crippen molar-refractivity contribution < 1.29 is 0 Å². The van der Waals surface area contributed by atoms with E-state index < -0.39 is 0 Å². The summed E-state index contributed by atoms with van der Waals surface area (Å²) in [5, 5.41) is 0. The number of rotatable bonds is 6. The molecule has 0 fully saturated rings. The van der Waals surface area contributed by atoms with Gasteiger partial charge in [-0.25, -0.2) is 0 Å². The van der Waals surface area contributed by atoms with Gasteiger partial charge in [0, 0.05) is 6.20 Å². The van der Waals surface area contributed by atoms with E-state index in [0.29, 0.717) is 0 Å². The maximum Gasteiger partial charge on any atom is 0.0603 e. The Bertz CT molecular complexity index is 300. The van der Waals surface area contributed by atoms with Crippen LogP contribution >= 0.6 is 12.8 Å². The fourth-order valence-corrected chi connectivity index (χ4v) is 1.73. The number of nitrogens with zero attached hydrogens (tertiary/aromatic N) is 2. The van der Waals surface area contributed by atoms with E-state index in [1.807, 2.05) is 13.1 Å². The van der Waals surface area contributed by atoms with Gasteiger partial charge < -0.3 is 4.90 Å². The van der Waals surface area contributed by atoms with Crippen LogP contribution in [0.1, 0.15) is 30.6 Å². The van der Waals surface area contributed by atoms with Crippen molar-refractivity contribution >= 4 is 12.8 Å². The molecule has 0 saturated heterocycles. The highest BCUT2D eigenvalue weighted by molar-refractivity contribution is 7.78. The second-order valence-corrected chi connectivity index (χ2v) is 4.38. The molecule has 0 radical (unpaired) electrons. The van der Waals surface area contributed by atoms with Crippen LogP contribution in [0.5, 0.6) is 0 Å². The second kappa shape index (κ2) is 6.89. The molecule has 0 aliphatic rings. The third-order valence-electron chi connectivity index (χ3n) is 2.79. The molecule has 0 amide bonds. The van der Waals surface area contributed by atoms with Crippen molar-refractivity contribution in [1.82, 2.24) is 14.6 Å². The number of thiol groups is 1. The molecule has 1 atom stereocenters. The predicted octanol–water partition coefficient (Wildman–Crippen LogP) is 2.21. The molecule has 0 spiro atoms. The Balaban J connectivity index is 2.57. The van der Waals surface area contributed by atoms with Crippen molar-refractivity contribution in [2.45, 2.75) is 26.3 Å². The number of aryl methyl sites for hydroxylation is 1. The Hall–Kier alpha value is -0.580. The van der Waals surface area contributed by atoms with Crippen LogP contribution in [0.2, 0.25) is 0 Å². The van der Waals surface area contributed by atoms with E-state index in [1.54, 1.807) is 0 Å². The van der Waals surface area contributed by atoms with Gasteiger partial charge in [0.25, 0.3) is 0 Å². The summed E-state index contributed by atoms with van der Waals surface area (Å²) in [6, 6.07) is 4.37. The van der Waals surface area contributed by atoms with Crippen LogP contribution in [-0.4, -0.2) is 30.0 Å². The van der Waals surface area contributed by atoms with E-state index in [2.05, 4.69) is 53.5 Å². The Kier molecular flexibility index (Phi) is 5.80. The van der Waals surface area contributed by atoms with E-state index >= 15 is 0 Å². The fourth-order valence-electron chi connectivity index (χ4n) is 1.47. The van der Waals surface area contributed by atoms with Crippen LogP contribution < -0.4 is 4.72 Å². The summed E-state index contributed by atoms with van der Waals surface area (Å²) in [7, 11) is 2.12. The average Bonchev–Trinajstić information content (AvgIpc) is 2.31. The highest BCUT2D eigenvalue weighted by Gasteiger charge is 2.11.